The Morgan fingerprint density at radius 3 is 2.23 bits per heavy atom. The van der Waals surface area contributed by atoms with E-state index in [0.29, 0.717) is 5.92 Å². The van der Waals surface area contributed by atoms with E-state index in [9.17, 15) is 0 Å². The molecule has 0 spiro atoms. The van der Waals surface area contributed by atoms with Crippen LogP contribution in [0.5, 0.6) is 0 Å². The van der Waals surface area contributed by atoms with Crippen LogP contribution < -0.4 is 10.4 Å². The van der Waals surface area contributed by atoms with Gasteiger partial charge in [0.1, 0.15) is 5.82 Å². The number of aryl methyl sites for hydroxylation is 1. The SMILES string of the molecule is CC(C)c1ccccc1-c1ccnc(-n2c3[c-]c([Si](C)(C)c4[c-]c(-n5[cH+]n(C)c6ccccc65)ccc4)ccc3c3ccccc32)c1.[Pt]. The van der Waals surface area contributed by atoms with Crippen molar-refractivity contribution in [1.29, 1.82) is 0 Å². The van der Waals surface area contributed by atoms with Crippen LogP contribution in [0.25, 0.3) is 55.5 Å². The van der Waals surface area contributed by atoms with Gasteiger partial charge in [-0.15, -0.1) is 17.5 Å². The number of hydrogen-bond donors (Lipinski definition) is 0. The minimum atomic E-state index is -2.22. The first-order valence-electron chi connectivity index (χ1n) is 16.3. The Bertz CT molecular complexity index is 2450. The standard InChI is InChI=1S/C42H37N4Si.Pt/c1-29(2)34-15-6-7-16-35(34)30-23-24-43-42(25-30)46-38-18-9-8-17-36(38)37-22-21-33(27-41(37)46)47(4,5)32-14-12-13-31(26-32)45-28-44(3)39-19-10-11-20-40(39)45;/h6-25,28-29H,1-5H3;/q-1;. The maximum Gasteiger partial charge on any atom is 0.188 e. The summed E-state index contributed by atoms with van der Waals surface area (Å²) in [4.78, 5) is 4.95. The minimum Gasteiger partial charge on any atom is -0.319 e. The summed E-state index contributed by atoms with van der Waals surface area (Å²) in [5.41, 5.74) is 9.39. The van der Waals surface area contributed by atoms with Crippen LogP contribution in [0, 0.1) is 12.1 Å². The van der Waals surface area contributed by atoms with Crippen molar-refractivity contribution in [1.82, 2.24) is 18.7 Å². The molecule has 0 saturated carbocycles. The van der Waals surface area contributed by atoms with Crippen LogP contribution in [0.3, 0.4) is 0 Å². The molecule has 240 valence electrons. The molecule has 0 amide bonds. The number of imidazole rings is 1. The third-order valence-corrected chi connectivity index (χ3v) is 12.9. The van der Waals surface area contributed by atoms with Crippen molar-refractivity contribution in [3.63, 3.8) is 0 Å². The first kappa shape index (κ1) is 32.0. The Balaban J connectivity index is 0.00000364. The van der Waals surface area contributed by atoms with E-state index in [1.807, 2.05) is 6.20 Å². The molecule has 0 atom stereocenters. The number of aromatic nitrogens is 4. The zero-order chi connectivity index (χ0) is 32.3. The van der Waals surface area contributed by atoms with Gasteiger partial charge in [-0.2, -0.15) is 40.7 Å². The Labute approximate surface area is 297 Å². The summed E-state index contributed by atoms with van der Waals surface area (Å²) in [5.74, 6) is 1.33. The fraction of sp³-hybridized carbons (Fsp3) is 0.143. The monoisotopic (exact) mass is 820 g/mol. The molecule has 0 N–H and O–H groups in total. The summed E-state index contributed by atoms with van der Waals surface area (Å²) in [7, 11) is -0.124. The first-order chi connectivity index (χ1) is 22.8. The van der Waals surface area contributed by atoms with Gasteiger partial charge >= 0.3 is 0 Å². The Morgan fingerprint density at radius 2 is 1.42 bits per heavy atom. The summed E-state index contributed by atoms with van der Waals surface area (Å²) < 4.78 is 6.71. The molecule has 5 aromatic carbocycles. The Morgan fingerprint density at radius 1 is 0.708 bits per heavy atom. The molecular formula is C42H37N4PtSi-. The fourth-order valence-electron chi connectivity index (χ4n) is 7.03. The number of fused-ring (bicyclic) bond motifs is 4. The largest absolute Gasteiger partial charge is 0.319 e. The van der Waals surface area contributed by atoms with Gasteiger partial charge in [0.2, 0.25) is 0 Å². The second-order valence-electron chi connectivity index (χ2n) is 13.3. The van der Waals surface area contributed by atoms with E-state index in [-0.39, 0.29) is 21.1 Å². The van der Waals surface area contributed by atoms with Gasteiger partial charge in [0.05, 0.1) is 8.07 Å². The normalized spacial score (nSPS) is 11.9. The van der Waals surface area contributed by atoms with E-state index < -0.39 is 8.07 Å². The molecule has 0 aliphatic carbocycles. The van der Waals surface area contributed by atoms with Crippen LogP contribution in [0.2, 0.25) is 13.1 Å². The van der Waals surface area contributed by atoms with Gasteiger partial charge in [0.25, 0.3) is 0 Å². The molecule has 3 aromatic heterocycles. The number of pyridine rings is 1. The second-order valence-corrected chi connectivity index (χ2v) is 17.6. The summed E-state index contributed by atoms with van der Waals surface area (Å²) in [6.07, 6.45) is 4.09. The number of hydrogen-bond acceptors (Lipinski definition) is 1. The molecule has 0 bridgehead atoms. The van der Waals surface area contributed by atoms with Crippen molar-refractivity contribution in [2.24, 2.45) is 7.05 Å². The van der Waals surface area contributed by atoms with Crippen molar-refractivity contribution in [2.75, 3.05) is 0 Å². The smallest absolute Gasteiger partial charge is 0.188 e. The van der Waals surface area contributed by atoms with Crippen LogP contribution >= 0.6 is 0 Å². The van der Waals surface area contributed by atoms with Gasteiger partial charge in [-0.3, -0.25) is 0 Å². The van der Waals surface area contributed by atoms with E-state index in [4.69, 9.17) is 4.98 Å². The van der Waals surface area contributed by atoms with Crippen LogP contribution in [-0.2, 0) is 28.1 Å². The second kappa shape index (κ2) is 12.5. The van der Waals surface area contributed by atoms with Crippen LogP contribution in [0.4, 0.5) is 0 Å². The summed E-state index contributed by atoms with van der Waals surface area (Å²) >= 11 is 0. The molecule has 0 unspecified atom stereocenters. The van der Waals surface area contributed by atoms with Gasteiger partial charge in [-0.25, -0.2) is 14.1 Å². The van der Waals surface area contributed by atoms with Crippen LogP contribution in [0.15, 0.2) is 128 Å². The molecule has 48 heavy (non-hydrogen) atoms. The summed E-state index contributed by atoms with van der Waals surface area (Å²) in [6, 6.07) is 49.2. The number of nitrogens with zero attached hydrogens (tertiary/aromatic N) is 4. The van der Waals surface area contributed by atoms with Crippen molar-refractivity contribution in [3.8, 4) is 22.6 Å². The van der Waals surface area contributed by atoms with E-state index in [1.54, 1.807) is 0 Å². The van der Waals surface area contributed by atoms with Crippen molar-refractivity contribution in [3.05, 3.63) is 145 Å². The molecule has 6 heteroatoms. The molecular weight excluding hydrogens is 784 g/mol. The van der Waals surface area contributed by atoms with Crippen molar-refractivity contribution >= 4 is 51.3 Å². The predicted molar refractivity (Wildman–Crippen MR) is 199 cm³/mol. The van der Waals surface area contributed by atoms with E-state index >= 15 is 0 Å². The van der Waals surface area contributed by atoms with Crippen LogP contribution in [0.1, 0.15) is 25.3 Å². The van der Waals surface area contributed by atoms with E-state index in [1.165, 1.54) is 48.9 Å². The maximum atomic E-state index is 4.95. The quantitative estimate of drug-likeness (QED) is 0.122. The average molecular weight is 821 g/mol. The molecule has 8 aromatic rings. The number of para-hydroxylation sites is 3. The maximum absolute atomic E-state index is 4.95. The predicted octanol–water partition coefficient (Wildman–Crippen LogP) is 8.95. The van der Waals surface area contributed by atoms with E-state index in [2.05, 4.69) is 181 Å². The van der Waals surface area contributed by atoms with Crippen LogP contribution in [-0.4, -0.2) is 26.8 Å². The molecule has 8 rings (SSSR count). The van der Waals surface area contributed by atoms with E-state index in [0.717, 1.165) is 22.5 Å². The van der Waals surface area contributed by atoms with Crippen molar-refractivity contribution in [2.45, 2.75) is 32.9 Å². The average Bonchev–Trinajstić information content (AvgIpc) is 3.62. The third-order valence-electron chi connectivity index (χ3n) is 9.65. The number of benzene rings is 5. The van der Waals surface area contributed by atoms with Gasteiger partial charge in [0, 0.05) is 57.6 Å². The molecule has 0 radical (unpaired) electrons. The summed E-state index contributed by atoms with van der Waals surface area (Å²) in [5, 5.41) is 4.89. The number of rotatable bonds is 6. The van der Waals surface area contributed by atoms with Gasteiger partial charge in [0.15, 0.2) is 17.4 Å². The third kappa shape index (κ3) is 5.26. The molecule has 0 aliphatic rings. The topological polar surface area (TPSA) is 27.7 Å². The Hall–Kier alpha value is -4.57. The van der Waals surface area contributed by atoms with Gasteiger partial charge < -0.3 is 4.57 Å². The first-order valence-corrected chi connectivity index (χ1v) is 19.3. The fourth-order valence-corrected chi connectivity index (χ4v) is 9.20. The zero-order valence-corrected chi connectivity index (χ0v) is 31.1. The molecule has 0 aliphatic heterocycles. The molecule has 0 fully saturated rings. The molecule has 0 saturated heterocycles. The molecule has 4 nitrogen and oxygen atoms in total. The van der Waals surface area contributed by atoms with Gasteiger partial charge in [-0.05, 0) is 58.3 Å². The van der Waals surface area contributed by atoms with Gasteiger partial charge in [-0.1, -0.05) is 74.9 Å². The van der Waals surface area contributed by atoms with Crippen molar-refractivity contribution < 1.29 is 21.1 Å². The zero-order valence-electron chi connectivity index (χ0n) is 27.8. The molecule has 3 heterocycles. The Kier molecular flexibility index (Phi) is 8.31. The summed E-state index contributed by atoms with van der Waals surface area (Å²) in [6.45, 7) is 9.32. The minimum absolute atomic E-state index is 0.